The van der Waals surface area contributed by atoms with Gasteiger partial charge in [0.2, 0.25) is 0 Å². The summed E-state index contributed by atoms with van der Waals surface area (Å²) in [5.74, 6) is -0.295. The fourth-order valence-electron chi connectivity index (χ4n) is 2.68. The van der Waals surface area contributed by atoms with E-state index in [4.69, 9.17) is 9.47 Å². The van der Waals surface area contributed by atoms with Crippen LogP contribution in [0.3, 0.4) is 0 Å². The highest BCUT2D eigenvalue weighted by atomic mass is 16.6. The Bertz CT molecular complexity index is 773. The largest absolute Gasteiger partial charge is 0.481 e. The number of amides is 1. The number of rotatable bonds is 6. The summed E-state index contributed by atoms with van der Waals surface area (Å²) in [6, 6.07) is 11.5. The summed E-state index contributed by atoms with van der Waals surface area (Å²) in [7, 11) is 0. The second-order valence-corrected chi connectivity index (χ2v) is 6.40. The Morgan fingerprint density at radius 3 is 1.96 bits per heavy atom. The van der Waals surface area contributed by atoms with Gasteiger partial charge in [0.15, 0.2) is 12.7 Å². The van der Waals surface area contributed by atoms with Gasteiger partial charge >= 0.3 is 5.97 Å². The third-order valence-corrected chi connectivity index (χ3v) is 4.15. The van der Waals surface area contributed by atoms with Gasteiger partial charge in [-0.1, -0.05) is 36.4 Å². The van der Waals surface area contributed by atoms with Crippen LogP contribution in [0.25, 0.3) is 0 Å². The van der Waals surface area contributed by atoms with Crippen molar-refractivity contribution in [3.8, 4) is 5.75 Å². The summed E-state index contributed by atoms with van der Waals surface area (Å²) in [5, 5.41) is 2.82. The zero-order valence-electron chi connectivity index (χ0n) is 15.9. The standard InChI is InChI=1S/C21H25NO4/c1-13-8-6-9-14(2)19(13)22-21(24)17(5)26-18(23)12-25-20-15(3)10-7-11-16(20)4/h6-11,17H,12H2,1-5H3,(H,22,24). The second-order valence-electron chi connectivity index (χ2n) is 6.40. The van der Waals surface area contributed by atoms with Gasteiger partial charge in [-0.25, -0.2) is 4.79 Å². The number of aryl methyl sites for hydroxylation is 4. The summed E-state index contributed by atoms with van der Waals surface area (Å²) in [5.41, 5.74) is 4.54. The lowest BCUT2D eigenvalue weighted by Gasteiger charge is -2.17. The van der Waals surface area contributed by atoms with Crippen LogP contribution in [-0.2, 0) is 14.3 Å². The molecule has 0 bridgehead atoms. The SMILES string of the molecule is Cc1cccc(C)c1NC(=O)C(C)OC(=O)COc1c(C)cccc1C. The summed E-state index contributed by atoms with van der Waals surface area (Å²) >= 11 is 0. The lowest BCUT2D eigenvalue weighted by atomic mass is 10.1. The van der Waals surface area contributed by atoms with E-state index in [9.17, 15) is 9.59 Å². The lowest BCUT2D eigenvalue weighted by molar-refractivity contribution is -0.155. The molecule has 0 radical (unpaired) electrons. The monoisotopic (exact) mass is 355 g/mol. The number of carbonyl (C=O) groups excluding carboxylic acids is 2. The predicted molar refractivity (Wildman–Crippen MR) is 102 cm³/mol. The number of para-hydroxylation sites is 2. The van der Waals surface area contributed by atoms with Gasteiger partial charge in [0, 0.05) is 5.69 Å². The topological polar surface area (TPSA) is 64.6 Å². The number of hydrogen-bond acceptors (Lipinski definition) is 4. The zero-order valence-corrected chi connectivity index (χ0v) is 15.9. The Hall–Kier alpha value is -2.82. The molecule has 0 saturated carbocycles. The second kappa shape index (κ2) is 8.52. The molecule has 0 fully saturated rings. The number of esters is 1. The maximum Gasteiger partial charge on any atom is 0.344 e. The van der Waals surface area contributed by atoms with E-state index >= 15 is 0 Å². The van der Waals surface area contributed by atoms with Crippen LogP contribution in [0.2, 0.25) is 0 Å². The van der Waals surface area contributed by atoms with E-state index in [0.717, 1.165) is 27.9 Å². The average molecular weight is 355 g/mol. The molecule has 0 aliphatic rings. The van der Waals surface area contributed by atoms with Crippen LogP contribution in [0.5, 0.6) is 5.75 Å². The minimum Gasteiger partial charge on any atom is -0.481 e. The molecule has 1 atom stereocenters. The fraction of sp³-hybridized carbons (Fsp3) is 0.333. The fourth-order valence-corrected chi connectivity index (χ4v) is 2.68. The van der Waals surface area contributed by atoms with Crippen LogP contribution in [-0.4, -0.2) is 24.6 Å². The first-order valence-corrected chi connectivity index (χ1v) is 8.55. The predicted octanol–water partition coefficient (Wildman–Crippen LogP) is 3.87. The summed E-state index contributed by atoms with van der Waals surface area (Å²) in [4.78, 5) is 24.3. The molecule has 0 aliphatic heterocycles. The summed E-state index contributed by atoms with van der Waals surface area (Å²) in [6.07, 6.45) is -0.914. The molecule has 5 heteroatoms. The molecule has 0 aliphatic carbocycles. The molecular formula is C21H25NO4. The van der Waals surface area contributed by atoms with Crippen LogP contribution in [0.1, 0.15) is 29.2 Å². The molecule has 1 unspecified atom stereocenters. The molecule has 138 valence electrons. The van der Waals surface area contributed by atoms with E-state index in [1.54, 1.807) is 6.92 Å². The van der Waals surface area contributed by atoms with Crippen molar-refractivity contribution >= 4 is 17.6 Å². The molecule has 0 spiro atoms. The van der Waals surface area contributed by atoms with Crippen LogP contribution >= 0.6 is 0 Å². The summed E-state index contributed by atoms with van der Waals surface area (Å²) in [6.45, 7) is 8.95. The smallest absolute Gasteiger partial charge is 0.344 e. The number of hydrogen-bond donors (Lipinski definition) is 1. The third kappa shape index (κ3) is 4.85. The van der Waals surface area contributed by atoms with E-state index in [1.807, 2.05) is 64.1 Å². The van der Waals surface area contributed by atoms with Crippen LogP contribution < -0.4 is 10.1 Å². The van der Waals surface area contributed by atoms with Gasteiger partial charge < -0.3 is 14.8 Å². The molecule has 0 heterocycles. The normalized spacial score (nSPS) is 11.6. The van der Waals surface area contributed by atoms with Crippen molar-refractivity contribution in [2.45, 2.75) is 40.7 Å². The minimum absolute atomic E-state index is 0.243. The van der Waals surface area contributed by atoms with Crippen LogP contribution in [0, 0.1) is 27.7 Å². The molecule has 2 rings (SSSR count). The maximum atomic E-state index is 12.3. The highest BCUT2D eigenvalue weighted by Crippen LogP contribution is 2.22. The Kier molecular flexibility index (Phi) is 6.39. The molecule has 1 amide bonds. The number of nitrogens with one attached hydrogen (secondary N) is 1. The van der Waals surface area contributed by atoms with E-state index in [0.29, 0.717) is 5.75 Å². The maximum absolute atomic E-state index is 12.3. The van der Waals surface area contributed by atoms with Crippen molar-refractivity contribution in [2.24, 2.45) is 0 Å². The quantitative estimate of drug-likeness (QED) is 0.799. The number of carbonyl (C=O) groups is 2. The highest BCUT2D eigenvalue weighted by Gasteiger charge is 2.20. The zero-order chi connectivity index (χ0) is 19.3. The Balaban J connectivity index is 1.91. The molecule has 0 saturated heterocycles. The molecular weight excluding hydrogens is 330 g/mol. The lowest BCUT2D eigenvalue weighted by Crippen LogP contribution is -2.32. The van der Waals surface area contributed by atoms with Gasteiger partial charge in [-0.15, -0.1) is 0 Å². The van der Waals surface area contributed by atoms with Crippen LogP contribution in [0.4, 0.5) is 5.69 Å². The van der Waals surface area contributed by atoms with Crippen molar-refractivity contribution in [2.75, 3.05) is 11.9 Å². The molecule has 2 aromatic carbocycles. The number of benzene rings is 2. The minimum atomic E-state index is -0.914. The number of anilines is 1. The molecule has 2 aromatic rings. The van der Waals surface area contributed by atoms with Crippen molar-refractivity contribution in [1.82, 2.24) is 0 Å². The molecule has 0 aromatic heterocycles. The average Bonchev–Trinajstić information content (AvgIpc) is 2.57. The molecule has 5 nitrogen and oxygen atoms in total. The van der Waals surface area contributed by atoms with E-state index in [2.05, 4.69) is 5.32 Å². The third-order valence-electron chi connectivity index (χ3n) is 4.15. The van der Waals surface area contributed by atoms with Gasteiger partial charge in [0.25, 0.3) is 5.91 Å². The molecule has 26 heavy (non-hydrogen) atoms. The van der Waals surface area contributed by atoms with Gasteiger partial charge in [-0.2, -0.15) is 0 Å². The van der Waals surface area contributed by atoms with E-state index in [-0.39, 0.29) is 12.5 Å². The van der Waals surface area contributed by atoms with Crippen molar-refractivity contribution in [1.29, 1.82) is 0 Å². The van der Waals surface area contributed by atoms with Gasteiger partial charge in [0.1, 0.15) is 5.75 Å². The Morgan fingerprint density at radius 1 is 0.923 bits per heavy atom. The Labute approximate surface area is 154 Å². The van der Waals surface area contributed by atoms with E-state index < -0.39 is 12.1 Å². The van der Waals surface area contributed by atoms with E-state index in [1.165, 1.54) is 0 Å². The van der Waals surface area contributed by atoms with Crippen molar-refractivity contribution in [3.63, 3.8) is 0 Å². The first-order valence-electron chi connectivity index (χ1n) is 8.55. The van der Waals surface area contributed by atoms with Gasteiger partial charge in [-0.3, -0.25) is 4.79 Å². The first-order chi connectivity index (χ1) is 12.3. The molecule has 1 N–H and O–H groups in total. The first kappa shape index (κ1) is 19.5. The van der Waals surface area contributed by atoms with Gasteiger partial charge in [-0.05, 0) is 56.9 Å². The van der Waals surface area contributed by atoms with Crippen LogP contribution in [0.15, 0.2) is 36.4 Å². The van der Waals surface area contributed by atoms with Crippen molar-refractivity contribution < 1.29 is 19.1 Å². The Morgan fingerprint density at radius 2 is 1.42 bits per heavy atom. The highest BCUT2D eigenvalue weighted by molar-refractivity contribution is 5.96. The van der Waals surface area contributed by atoms with Crippen molar-refractivity contribution in [3.05, 3.63) is 58.7 Å². The summed E-state index contributed by atoms with van der Waals surface area (Å²) < 4.78 is 10.7. The van der Waals surface area contributed by atoms with Gasteiger partial charge in [0.05, 0.1) is 0 Å². The number of ether oxygens (including phenoxy) is 2.